The molecule has 1 aromatic heterocycles. The standard InChI is InChI=1S/C14H13N3O2S/c1-10-5-4-6-11(9-10)20(18,19)17-14-15-12-7-2-3-8-13(12)16-14/h2-9H,1H3,(H2,15,16,17). The average Bonchev–Trinajstić information content (AvgIpc) is 2.80. The number of anilines is 1. The number of H-pyrrole nitrogens is 1. The van der Waals surface area contributed by atoms with Crippen molar-refractivity contribution in [2.75, 3.05) is 4.72 Å². The molecule has 0 radical (unpaired) electrons. The third-order valence-corrected chi connectivity index (χ3v) is 4.26. The van der Waals surface area contributed by atoms with Gasteiger partial charge >= 0.3 is 0 Å². The number of aromatic amines is 1. The Morgan fingerprint density at radius 1 is 1.10 bits per heavy atom. The van der Waals surface area contributed by atoms with Gasteiger partial charge in [-0.25, -0.2) is 18.1 Å². The third-order valence-electron chi connectivity index (χ3n) is 2.92. The Kier molecular flexibility index (Phi) is 2.94. The molecule has 0 aliphatic carbocycles. The monoisotopic (exact) mass is 287 g/mol. The molecule has 3 aromatic rings. The quantitative estimate of drug-likeness (QED) is 0.777. The number of nitrogens with one attached hydrogen (secondary N) is 2. The topological polar surface area (TPSA) is 74.8 Å². The molecular weight excluding hydrogens is 274 g/mol. The van der Waals surface area contributed by atoms with Crippen LogP contribution in [0.25, 0.3) is 11.0 Å². The number of sulfonamides is 1. The van der Waals surface area contributed by atoms with Crippen LogP contribution in [0, 0.1) is 6.92 Å². The lowest BCUT2D eigenvalue weighted by molar-refractivity contribution is 0.601. The van der Waals surface area contributed by atoms with E-state index in [4.69, 9.17) is 0 Å². The number of para-hydroxylation sites is 2. The zero-order valence-corrected chi connectivity index (χ0v) is 11.6. The molecule has 0 saturated carbocycles. The van der Waals surface area contributed by atoms with Crippen molar-refractivity contribution in [1.82, 2.24) is 9.97 Å². The smallest absolute Gasteiger partial charge is 0.264 e. The summed E-state index contributed by atoms with van der Waals surface area (Å²) in [5.74, 6) is 0.215. The van der Waals surface area contributed by atoms with Crippen LogP contribution >= 0.6 is 0 Å². The highest BCUT2D eigenvalue weighted by atomic mass is 32.2. The predicted molar refractivity (Wildman–Crippen MR) is 78.1 cm³/mol. The average molecular weight is 287 g/mol. The van der Waals surface area contributed by atoms with E-state index in [0.29, 0.717) is 0 Å². The largest absolute Gasteiger partial charge is 0.323 e. The van der Waals surface area contributed by atoms with Crippen molar-refractivity contribution in [3.63, 3.8) is 0 Å². The van der Waals surface area contributed by atoms with Gasteiger partial charge in [0.15, 0.2) is 0 Å². The first-order valence-corrected chi connectivity index (χ1v) is 7.57. The van der Waals surface area contributed by atoms with Crippen molar-refractivity contribution in [3.8, 4) is 0 Å². The molecule has 0 amide bonds. The Morgan fingerprint density at radius 3 is 2.65 bits per heavy atom. The zero-order valence-electron chi connectivity index (χ0n) is 10.8. The highest BCUT2D eigenvalue weighted by Crippen LogP contribution is 2.18. The molecule has 6 heteroatoms. The number of rotatable bonds is 3. The van der Waals surface area contributed by atoms with E-state index in [0.717, 1.165) is 16.6 Å². The summed E-state index contributed by atoms with van der Waals surface area (Å²) in [4.78, 5) is 7.35. The molecule has 3 rings (SSSR count). The van der Waals surface area contributed by atoms with Crippen molar-refractivity contribution in [3.05, 3.63) is 54.1 Å². The summed E-state index contributed by atoms with van der Waals surface area (Å²) in [6.07, 6.45) is 0. The number of aryl methyl sites for hydroxylation is 1. The van der Waals surface area contributed by atoms with Crippen molar-refractivity contribution in [1.29, 1.82) is 0 Å². The fraction of sp³-hybridized carbons (Fsp3) is 0.0714. The Hall–Kier alpha value is -2.34. The summed E-state index contributed by atoms with van der Waals surface area (Å²) >= 11 is 0. The van der Waals surface area contributed by atoms with Gasteiger partial charge in [0, 0.05) is 0 Å². The van der Waals surface area contributed by atoms with Crippen LogP contribution in [0.3, 0.4) is 0 Å². The van der Waals surface area contributed by atoms with E-state index in [1.807, 2.05) is 37.3 Å². The molecule has 2 N–H and O–H groups in total. The van der Waals surface area contributed by atoms with Gasteiger partial charge in [-0.2, -0.15) is 0 Å². The van der Waals surface area contributed by atoms with Gasteiger partial charge in [-0.05, 0) is 36.8 Å². The molecular formula is C14H13N3O2S. The van der Waals surface area contributed by atoms with Gasteiger partial charge in [0.1, 0.15) is 0 Å². The van der Waals surface area contributed by atoms with Gasteiger partial charge in [-0.3, -0.25) is 0 Å². The second kappa shape index (κ2) is 4.64. The minimum atomic E-state index is -3.63. The number of hydrogen-bond acceptors (Lipinski definition) is 3. The summed E-state index contributed by atoms with van der Waals surface area (Å²) in [5, 5.41) is 0. The number of hydrogen-bond donors (Lipinski definition) is 2. The second-order valence-electron chi connectivity index (χ2n) is 4.52. The normalized spacial score (nSPS) is 11.7. The molecule has 20 heavy (non-hydrogen) atoms. The Balaban J connectivity index is 1.97. The van der Waals surface area contributed by atoms with E-state index in [-0.39, 0.29) is 10.8 Å². The summed E-state index contributed by atoms with van der Waals surface area (Å²) in [5.41, 5.74) is 2.39. The van der Waals surface area contributed by atoms with Crippen molar-refractivity contribution in [2.24, 2.45) is 0 Å². The molecule has 102 valence electrons. The van der Waals surface area contributed by atoms with Gasteiger partial charge in [0.2, 0.25) is 5.95 Å². The summed E-state index contributed by atoms with van der Waals surface area (Å²) in [7, 11) is -3.63. The number of fused-ring (bicyclic) bond motifs is 1. The fourth-order valence-electron chi connectivity index (χ4n) is 1.97. The minimum absolute atomic E-state index is 0.215. The van der Waals surface area contributed by atoms with E-state index in [9.17, 15) is 8.42 Å². The van der Waals surface area contributed by atoms with Gasteiger partial charge in [-0.15, -0.1) is 0 Å². The van der Waals surface area contributed by atoms with E-state index in [1.54, 1.807) is 18.2 Å². The maximum absolute atomic E-state index is 12.3. The predicted octanol–water partition coefficient (Wildman–Crippen LogP) is 2.67. The minimum Gasteiger partial charge on any atom is -0.323 e. The highest BCUT2D eigenvalue weighted by Gasteiger charge is 2.16. The first-order valence-electron chi connectivity index (χ1n) is 6.09. The molecule has 2 aromatic carbocycles. The molecule has 0 fully saturated rings. The lowest BCUT2D eigenvalue weighted by atomic mass is 10.2. The summed E-state index contributed by atoms with van der Waals surface area (Å²) in [6.45, 7) is 1.85. The van der Waals surface area contributed by atoms with Gasteiger partial charge < -0.3 is 4.98 Å². The van der Waals surface area contributed by atoms with E-state index >= 15 is 0 Å². The SMILES string of the molecule is Cc1cccc(S(=O)(=O)Nc2nc3ccccc3[nH]2)c1. The first-order chi connectivity index (χ1) is 9.54. The van der Waals surface area contributed by atoms with Crippen LogP contribution in [0.5, 0.6) is 0 Å². The fourth-order valence-corrected chi connectivity index (χ4v) is 3.04. The van der Waals surface area contributed by atoms with Crippen LogP contribution in [0.1, 0.15) is 5.56 Å². The molecule has 1 heterocycles. The molecule has 0 atom stereocenters. The summed E-state index contributed by atoms with van der Waals surface area (Å²) in [6, 6.07) is 14.1. The van der Waals surface area contributed by atoms with E-state index < -0.39 is 10.0 Å². The van der Waals surface area contributed by atoms with Crippen LogP contribution in [0.2, 0.25) is 0 Å². The number of nitrogens with zero attached hydrogens (tertiary/aromatic N) is 1. The number of aromatic nitrogens is 2. The first kappa shape index (κ1) is 12.7. The molecule has 0 aliphatic rings. The Bertz CT molecular complexity index is 836. The van der Waals surface area contributed by atoms with E-state index in [1.165, 1.54) is 0 Å². The van der Waals surface area contributed by atoms with Crippen molar-refractivity contribution < 1.29 is 8.42 Å². The van der Waals surface area contributed by atoms with Crippen LogP contribution in [0.4, 0.5) is 5.95 Å². The third kappa shape index (κ3) is 2.37. The Labute approximate surface area is 116 Å². The van der Waals surface area contributed by atoms with Crippen molar-refractivity contribution in [2.45, 2.75) is 11.8 Å². The van der Waals surface area contributed by atoms with Crippen LogP contribution < -0.4 is 4.72 Å². The molecule has 5 nitrogen and oxygen atoms in total. The summed E-state index contributed by atoms with van der Waals surface area (Å²) < 4.78 is 27.0. The van der Waals surface area contributed by atoms with Crippen LogP contribution in [0.15, 0.2) is 53.4 Å². The van der Waals surface area contributed by atoms with Gasteiger partial charge in [-0.1, -0.05) is 24.3 Å². The lowest BCUT2D eigenvalue weighted by Gasteiger charge is -2.05. The highest BCUT2D eigenvalue weighted by molar-refractivity contribution is 7.92. The van der Waals surface area contributed by atoms with Crippen LogP contribution in [-0.4, -0.2) is 18.4 Å². The lowest BCUT2D eigenvalue weighted by Crippen LogP contribution is -2.13. The molecule has 0 saturated heterocycles. The number of imidazole rings is 1. The van der Waals surface area contributed by atoms with Crippen molar-refractivity contribution >= 4 is 27.0 Å². The van der Waals surface area contributed by atoms with Gasteiger partial charge in [0.25, 0.3) is 10.0 Å². The maximum Gasteiger partial charge on any atom is 0.264 e. The second-order valence-corrected chi connectivity index (χ2v) is 6.21. The molecule has 0 bridgehead atoms. The molecule has 0 unspecified atom stereocenters. The van der Waals surface area contributed by atoms with Gasteiger partial charge in [0.05, 0.1) is 15.9 Å². The molecule has 0 spiro atoms. The maximum atomic E-state index is 12.3. The zero-order chi connectivity index (χ0) is 14.2. The van der Waals surface area contributed by atoms with Crippen LogP contribution in [-0.2, 0) is 10.0 Å². The molecule has 0 aliphatic heterocycles. The Morgan fingerprint density at radius 2 is 1.90 bits per heavy atom. The number of benzene rings is 2. The van der Waals surface area contributed by atoms with E-state index in [2.05, 4.69) is 14.7 Å².